The quantitative estimate of drug-likeness (QED) is 0.170. The molecule has 0 heterocycles. The van der Waals surface area contributed by atoms with Gasteiger partial charge in [0.2, 0.25) is 0 Å². The van der Waals surface area contributed by atoms with Gasteiger partial charge in [-0.3, -0.25) is 0 Å². The van der Waals surface area contributed by atoms with Gasteiger partial charge in [-0.15, -0.1) is 0 Å². The van der Waals surface area contributed by atoms with Crippen LogP contribution in [0.25, 0.3) is 77.9 Å². The van der Waals surface area contributed by atoms with Crippen LogP contribution in [0.3, 0.4) is 0 Å². The van der Waals surface area contributed by atoms with Crippen LogP contribution in [0.2, 0.25) is 0 Å². The molecule has 0 saturated heterocycles. The molecule has 1 heteroatoms. The van der Waals surface area contributed by atoms with Gasteiger partial charge in [0, 0.05) is 17.1 Å². The Labute approximate surface area is 477 Å². The van der Waals surface area contributed by atoms with Crippen LogP contribution in [0.5, 0.6) is 0 Å². The van der Waals surface area contributed by atoms with E-state index < -0.39 is 16.2 Å². The number of hydrogen-bond acceptors (Lipinski definition) is 1. The van der Waals surface area contributed by atoms with Crippen LogP contribution >= 0.6 is 0 Å². The summed E-state index contributed by atoms with van der Waals surface area (Å²) < 4.78 is 0. The van der Waals surface area contributed by atoms with E-state index in [1.807, 2.05) is 0 Å². The molecule has 0 fully saturated rings. The molecule has 82 heavy (non-hydrogen) atoms. The van der Waals surface area contributed by atoms with E-state index in [2.05, 4.69) is 302 Å². The summed E-state index contributed by atoms with van der Waals surface area (Å²) in [6.07, 6.45) is 0. The minimum absolute atomic E-state index is 0.467. The molecule has 0 saturated carbocycles. The van der Waals surface area contributed by atoms with Crippen LogP contribution < -0.4 is 4.90 Å². The molecule has 0 aromatic heterocycles. The molecule has 6 aliphatic carbocycles. The molecule has 0 N–H and O–H groups in total. The van der Waals surface area contributed by atoms with Gasteiger partial charge in [-0.1, -0.05) is 261 Å². The van der Waals surface area contributed by atoms with Gasteiger partial charge in [0.1, 0.15) is 0 Å². The average molecular weight is 1040 g/mol. The molecule has 6 aliphatic rings. The Hall–Kier alpha value is -10.3. The molecule has 3 spiro atoms. The molecule has 19 rings (SSSR count). The zero-order chi connectivity index (χ0) is 53.5. The summed E-state index contributed by atoms with van der Waals surface area (Å²) in [4.78, 5) is 2.55. The van der Waals surface area contributed by atoms with Crippen molar-refractivity contribution in [3.8, 4) is 77.9 Å². The first-order valence-electron chi connectivity index (χ1n) is 28.9. The summed E-state index contributed by atoms with van der Waals surface area (Å²) >= 11 is 0. The van der Waals surface area contributed by atoms with E-state index in [1.54, 1.807) is 0 Å². The van der Waals surface area contributed by atoms with Crippen LogP contribution in [0.15, 0.2) is 297 Å². The number of rotatable bonds is 4. The average Bonchev–Trinajstić information content (AvgIpc) is 1.78. The molecule has 0 radical (unpaired) electrons. The van der Waals surface area contributed by atoms with E-state index in [0.717, 1.165) is 17.1 Å². The van der Waals surface area contributed by atoms with Crippen LogP contribution in [-0.2, 0) is 16.2 Å². The van der Waals surface area contributed by atoms with Gasteiger partial charge in [-0.2, -0.15) is 0 Å². The van der Waals surface area contributed by atoms with Gasteiger partial charge < -0.3 is 4.90 Å². The lowest BCUT2D eigenvalue weighted by atomic mass is 9.68. The molecule has 1 nitrogen and oxygen atoms in total. The molecular formula is C81H49N. The Balaban J connectivity index is 0.852. The molecule has 13 aromatic carbocycles. The smallest absolute Gasteiger partial charge is 0.0731 e. The maximum atomic E-state index is 2.55. The number of benzene rings is 13. The lowest BCUT2D eigenvalue weighted by Crippen LogP contribution is -2.26. The molecule has 0 aliphatic heterocycles. The topological polar surface area (TPSA) is 3.24 Å². The first-order chi connectivity index (χ1) is 40.7. The van der Waals surface area contributed by atoms with Crippen molar-refractivity contribution in [3.05, 3.63) is 364 Å². The Morgan fingerprint density at radius 1 is 0.171 bits per heavy atom. The highest BCUT2D eigenvalue weighted by Gasteiger charge is 2.55. The normalized spacial score (nSPS) is 14.9. The Morgan fingerprint density at radius 2 is 0.415 bits per heavy atom. The van der Waals surface area contributed by atoms with E-state index in [-0.39, 0.29) is 0 Å². The third-order valence-electron chi connectivity index (χ3n) is 19.9. The van der Waals surface area contributed by atoms with E-state index in [1.165, 1.54) is 145 Å². The molecule has 0 atom stereocenters. The van der Waals surface area contributed by atoms with Gasteiger partial charge in [-0.05, 0) is 181 Å². The van der Waals surface area contributed by atoms with E-state index in [0.29, 0.717) is 0 Å². The van der Waals surface area contributed by atoms with Crippen molar-refractivity contribution >= 4 is 17.1 Å². The Bertz CT molecular complexity index is 4570. The fraction of sp³-hybridized carbons (Fsp3) is 0.0370. The number of nitrogens with zero attached hydrogens (tertiary/aromatic N) is 1. The molecule has 0 bridgehead atoms. The van der Waals surface area contributed by atoms with Crippen LogP contribution in [0.4, 0.5) is 17.1 Å². The monoisotopic (exact) mass is 1040 g/mol. The first-order valence-corrected chi connectivity index (χ1v) is 28.9. The third kappa shape index (κ3) is 5.23. The van der Waals surface area contributed by atoms with Crippen molar-refractivity contribution in [2.75, 3.05) is 4.90 Å². The number of fused-ring (bicyclic) bond motifs is 30. The second-order valence-corrected chi connectivity index (χ2v) is 23.2. The lowest BCUT2D eigenvalue weighted by Gasteiger charge is -2.33. The first kappa shape index (κ1) is 44.5. The van der Waals surface area contributed by atoms with Crippen molar-refractivity contribution in [2.45, 2.75) is 16.2 Å². The van der Waals surface area contributed by atoms with Crippen LogP contribution in [-0.4, -0.2) is 0 Å². The Morgan fingerprint density at radius 3 is 0.744 bits per heavy atom. The number of hydrogen-bond donors (Lipinski definition) is 0. The zero-order valence-corrected chi connectivity index (χ0v) is 44.7. The van der Waals surface area contributed by atoms with Gasteiger partial charge in [-0.25, -0.2) is 0 Å². The highest BCUT2D eigenvalue weighted by molar-refractivity contribution is 6.01. The van der Waals surface area contributed by atoms with Crippen LogP contribution in [0, 0.1) is 0 Å². The van der Waals surface area contributed by atoms with Gasteiger partial charge in [0.15, 0.2) is 0 Å². The highest BCUT2D eigenvalue weighted by Crippen LogP contribution is 2.67. The summed E-state index contributed by atoms with van der Waals surface area (Å²) in [5.41, 5.74) is 36.0. The van der Waals surface area contributed by atoms with Crippen molar-refractivity contribution in [1.29, 1.82) is 0 Å². The van der Waals surface area contributed by atoms with Crippen molar-refractivity contribution < 1.29 is 0 Å². The van der Waals surface area contributed by atoms with E-state index in [9.17, 15) is 0 Å². The van der Waals surface area contributed by atoms with Crippen molar-refractivity contribution in [3.63, 3.8) is 0 Å². The third-order valence-corrected chi connectivity index (χ3v) is 19.9. The molecular weight excluding hydrogens is 987 g/mol. The summed E-state index contributed by atoms with van der Waals surface area (Å²) in [5.74, 6) is 0. The molecule has 378 valence electrons. The maximum Gasteiger partial charge on any atom is 0.0731 e. The summed E-state index contributed by atoms with van der Waals surface area (Å²) in [5, 5.41) is 0. The van der Waals surface area contributed by atoms with Gasteiger partial charge >= 0.3 is 0 Å². The highest BCUT2D eigenvalue weighted by atomic mass is 15.1. The van der Waals surface area contributed by atoms with Gasteiger partial charge in [0.05, 0.1) is 16.2 Å². The predicted octanol–water partition coefficient (Wildman–Crippen LogP) is 19.9. The summed E-state index contributed by atoms with van der Waals surface area (Å²) in [6, 6.07) is 113. The second-order valence-electron chi connectivity index (χ2n) is 23.2. The molecule has 13 aromatic rings. The van der Waals surface area contributed by atoms with Crippen molar-refractivity contribution in [1.82, 2.24) is 0 Å². The molecule has 0 amide bonds. The lowest BCUT2D eigenvalue weighted by molar-refractivity contribution is 0.792. The fourth-order valence-corrected chi connectivity index (χ4v) is 17.1. The zero-order valence-electron chi connectivity index (χ0n) is 44.7. The predicted molar refractivity (Wildman–Crippen MR) is 335 cm³/mol. The molecule has 0 unspecified atom stereocenters. The van der Waals surface area contributed by atoms with E-state index in [4.69, 9.17) is 0 Å². The van der Waals surface area contributed by atoms with Crippen molar-refractivity contribution in [2.24, 2.45) is 0 Å². The Kier molecular flexibility index (Phi) is 8.65. The number of anilines is 3. The largest absolute Gasteiger partial charge is 0.310 e. The standard InChI is InChI=1S/C81H49N/c1-10-31-67-55(20-1)56-21-2-11-32-68(56)79(67)71-35-14-5-26-61(71)64-46-44-52(48-76(64)79)82(53-45-47-65-62-27-6-15-36-72(62)80(77(65)49-53)69-33-12-3-22-57(69)58-23-4-13-34-70(58)80)51-42-40-50(41-43-51)54-29-19-30-66-63-28-9-18-39-75(63)81(78(54)66)73-37-16-7-24-59(73)60-25-8-17-38-74(60)81/h1-49H. The SMILES string of the molecule is c1ccc2c(c1)-c1ccccc1C21c2ccccc2-c2ccc(N(c3ccc(-c4cccc5c4C4(c6ccccc6-c6ccccc64)c4ccccc4-5)cc3)c3ccc4c(c3)C3(c5ccccc5-c5ccccc53)c3ccccc3-4)cc21. The summed E-state index contributed by atoms with van der Waals surface area (Å²) in [7, 11) is 0. The fourth-order valence-electron chi connectivity index (χ4n) is 17.1. The van der Waals surface area contributed by atoms with E-state index >= 15 is 0 Å². The van der Waals surface area contributed by atoms with Crippen LogP contribution in [0.1, 0.15) is 66.8 Å². The summed E-state index contributed by atoms with van der Waals surface area (Å²) in [6.45, 7) is 0. The van der Waals surface area contributed by atoms with Gasteiger partial charge in [0.25, 0.3) is 0 Å². The minimum atomic E-state index is -0.496. The second kappa shape index (κ2) is 15.9. The minimum Gasteiger partial charge on any atom is -0.310 e. The maximum absolute atomic E-state index is 2.55.